The first-order chi connectivity index (χ1) is 12.8. The maximum atomic E-state index is 5.79. The first-order valence-electron chi connectivity index (χ1n) is 8.33. The van der Waals surface area contributed by atoms with E-state index in [0.717, 1.165) is 20.9 Å². The van der Waals surface area contributed by atoms with E-state index in [1.165, 1.54) is 5.56 Å². The molecule has 4 aromatic rings. The average Bonchev–Trinajstić information content (AvgIpc) is 3.00. The van der Waals surface area contributed by atoms with Crippen molar-refractivity contribution in [3.05, 3.63) is 106 Å². The van der Waals surface area contributed by atoms with Gasteiger partial charge in [0.2, 0.25) is 4.80 Å². The van der Waals surface area contributed by atoms with E-state index in [-0.39, 0.29) is 0 Å². The third-order valence-electron chi connectivity index (χ3n) is 3.96. The zero-order chi connectivity index (χ0) is 17.8. The van der Waals surface area contributed by atoms with Crippen LogP contribution in [0.3, 0.4) is 0 Å². The van der Waals surface area contributed by atoms with E-state index in [0.29, 0.717) is 6.54 Å². The van der Waals surface area contributed by atoms with Crippen LogP contribution in [-0.2, 0) is 6.54 Å². The van der Waals surface area contributed by atoms with Gasteiger partial charge in [-0.05, 0) is 53.6 Å². The fourth-order valence-electron chi connectivity index (χ4n) is 2.68. The van der Waals surface area contributed by atoms with Crippen molar-refractivity contribution in [3.8, 4) is 5.69 Å². The Kier molecular flexibility index (Phi) is 4.91. The van der Waals surface area contributed by atoms with E-state index in [4.69, 9.17) is 17.2 Å². The third-order valence-corrected chi connectivity index (χ3v) is 5.52. The Balaban J connectivity index is 1.89. The Bertz CT molecular complexity index is 1110. The van der Waals surface area contributed by atoms with Crippen molar-refractivity contribution >= 4 is 29.4 Å². The SMILES string of the molecule is S=c1n(-c2ccccc2)sc(=Nc2ccccc2)n1Cc1ccccc1. The van der Waals surface area contributed by atoms with Crippen molar-refractivity contribution in [2.75, 3.05) is 0 Å². The minimum atomic E-state index is 0.696. The van der Waals surface area contributed by atoms with Crippen LogP contribution in [0.4, 0.5) is 5.69 Å². The van der Waals surface area contributed by atoms with Crippen molar-refractivity contribution < 1.29 is 0 Å². The molecule has 0 saturated heterocycles. The third kappa shape index (κ3) is 3.59. The zero-order valence-corrected chi connectivity index (χ0v) is 15.7. The second-order valence-electron chi connectivity index (χ2n) is 5.81. The predicted molar refractivity (Wildman–Crippen MR) is 110 cm³/mol. The molecule has 0 saturated carbocycles. The van der Waals surface area contributed by atoms with Gasteiger partial charge in [-0.1, -0.05) is 66.7 Å². The number of hydrogen-bond donors (Lipinski definition) is 0. The molecule has 26 heavy (non-hydrogen) atoms. The molecule has 0 aliphatic rings. The molecule has 0 aliphatic carbocycles. The summed E-state index contributed by atoms with van der Waals surface area (Å²) in [7, 11) is 0. The molecule has 0 fully saturated rings. The molecule has 3 nitrogen and oxygen atoms in total. The zero-order valence-electron chi connectivity index (χ0n) is 14.0. The second-order valence-corrected chi connectivity index (χ2v) is 7.08. The highest BCUT2D eigenvalue weighted by atomic mass is 32.1. The van der Waals surface area contributed by atoms with Crippen LogP contribution in [0.2, 0.25) is 0 Å². The minimum Gasteiger partial charge on any atom is -0.288 e. The van der Waals surface area contributed by atoms with Gasteiger partial charge in [-0.3, -0.25) is 4.57 Å². The van der Waals surface area contributed by atoms with Crippen LogP contribution >= 0.6 is 23.8 Å². The van der Waals surface area contributed by atoms with Crippen LogP contribution < -0.4 is 4.80 Å². The van der Waals surface area contributed by atoms with Gasteiger partial charge in [-0.15, -0.1) is 0 Å². The highest BCUT2D eigenvalue weighted by molar-refractivity contribution is 7.71. The molecular weight excluding hydrogens is 358 g/mol. The summed E-state index contributed by atoms with van der Waals surface area (Å²) in [5.74, 6) is 0. The average molecular weight is 376 g/mol. The summed E-state index contributed by atoms with van der Waals surface area (Å²) in [5, 5.41) is 0. The fourth-order valence-corrected chi connectivity index (χ4v) is 4.07. The predicted octanol–water partition coefficient (Wildman–Crippen LogP) is 5.35. The van der Waals surface area contributed by atoms with Gasteiger partial charge in [0.1, 0.15) is 0 Å². The molecule has 5 heteroatoms. The molecule has 0 unspecified atom stereocenters. The van der Waals surface area contributed by atoms with Crippen molar-refractivity contribution in [3.63, 3.8) is 0 Å². The molecule has 0 bridgehead atoms. The first-order valence-corrected chi connectivity index (χ1v) is 9.52. The van der Waals surface area contributed by atoms with E-state index in [1.807, 2.05) is 66.7 Å². The molecule has 1 heterocycles. The van der Waals surface area contributed by atoms with Crippen LogP contribution in [0.5, 0.6) is 0 Å². The topological polar surface area (TPSA) is 22.2 Å². The van der Waals surface area contributed by atoms with Crippen LogP contribution in [0.15, 0.2) is 96.0 Å². The Morgan fingerprint density at radius 2 is 1.35 bits per heavy atom. The highest BCUT2D eigenvalue weighted by Crippen LogP contribution is 2.14. The summed E-state index contributed by atoms with van der Waals surface area (Å²) < 4.78 is 4.90. The van der Waals surface area contributed by atoms with Crippen LogP contribution in [-0.4, -0.2) is 8.52 Å². The monoisotopic (exact) mass is 375 g/mol. The molecular formula is C21H17N3S2. The number of benzene rings is 3. The molecule has 0 atom stereocenters. The van der Waals surface area contributed by atoms with E-state index >= 15 is 0 Å². The van der Waals surface area contributed by atoms with Crippen LogP contribution in [0, 0.1) is 4.77 Å². The maximum absolute atomic E-state index is 5.79. The minimum absolute atomic E-state index is 0.696. The summed E-state index contributed by atoms with van der Waals surface area (Å²) in [4.78, 5) is 5.72. The van der Waals surface area contributed by atoms with Gasteiger partial charge < -0.3 is 0 Å². The van der Waals surface area contributed by atoms with Crippen molar-refractivity contribution in [2.45, 2.75) is 6.54 Å². The standard InChI is InChI=1S/C21H17N3S2/c25-21-23(16-17-10-4-1-5-11-17)20(22-18-12-6-2-7-13-18)26-24(21)19-14-8-3-9-15-19/h1-15H,16H2. The Hall–Kier alpha value is -2.76. The van der Waals surface area contributed by atoms with E-state index in [1.54, 1.807) is 11.5 Å². The van der Waals surface area contributed by atoms with E-state index in [9.17, 15) is 0 Å². The highest BCUT2D eigenvalue weighted by Gasteiger charge is 2.08. The molecule has 0 spiro atoms. The van der Waals surface area contributed by atoms with E-state index < -0.39 is 0 Å². The van der Waals surface area contributed by atoms with Crippen molar-refractivity contribution in [2.24, 2.45) is 4.99 Å². The normalized spacial score (nSPS) is 11.6. The molecule has 4 rings (SSSR count). The van der Waals surface area contributed by atoms with Gasteiger partial charge in [0.15, 0.2) is 4.77 Å². The molecule has 3 aromatic carbocycles. The van der Waals surface area contributed by atoms with Gasteiger partial charge in [-0.25, -0.2) is 8.95 Å². The van der Waals surface area contributed by atoms with Gasteiger partial charge >= 0.3 is 0 Å². The number of hydrogen-bond acceptors (Lipinski definition) is 3. The summed E-state index contributed by atoms with van der Waals surface area (Å²) in [5.41, 5.74) is 3.18. The van der Waals surface area contributed by atoms with Gasteiger partial charge in [-0.2, -0.15) is 0 Å². The molecule has 0 amide bonds. The molecule has 1 aromatic heterocycles. The Morgan fingerprint density at radius 3 is 2.00 bits per heavy atom. The molecule has 0 N–H and O–H groups in total. The summed E-state index contributed by atoms with van der Waals surface area (Å²) >= 11 is 7.35. The Labute approximate surface area is 161 Å². The van der Waals surface area contributed by atoms with Gasteiger partial charge in [0.05, 0.1) is 17.9 Å². The van der Waals surface area contributed by atoms with Crippen molar-refractivity contribution in [1.82, 2.24) is 8.52 Å². The first kappa shape index (κ1) is 16.7. The summed E-state index contributed by atoms with van der Waals surface area (Å²) in [6.07, 6.45) is 0. The largest absolute Gasteiger partial charge is 0.288 e. The lowest BCUT2D eigenvalue weighted by Gasteiger charge is -2.04. The lowest BCUT2D eigenvalue weighted by molar-refractivity contribution is 0.736. The molecule has 0 aliphatic heterocycles. The number of nitrogens with zero attached hydrogens (tertiary/aromatic N) is 3. The van der Waals surface area contributed by atoms with Crippen molar-refractivity contribution in [1.29, 1.82) is 0 Å². The van der Waals surface area contributed by atoms with E-state index in [2.05, 4.69) is 32.8 Å². The van der Waals surface area contributed by atoms with Crippen LogP contribution in [0.25, 0.3) is 5.69 Å². The number of para-hydroxylation sites is 2. The van der Waals surface area contributed by atoms with Gasteiger partial charge in [0.25, 0.3) is 0 Å². The summed E-state index contributed by atoms with van der Waals surface area (Å²) in [6, 6.07) is 30.5. The molecule has 128 valence electrons. The molecule has 0 radical (unpaired) electrons. The lowest BCUT2D eigenvalue weighted by atomic mass is 10.2. The quantitative estimate of drug-likeness (QED) is 0.441. The Morgan fingerprint density at radius 1 is 0.769 bits per heavy atom. The van der Waals surface area contributed by atoms with Gasteiger partial charge in [0, 0.05) is 0 Å². The maximum Gasteiger partial charge on any atom is 0.209 e. The second kappa shape index (κ2) is 7.64. The fraction of sp³-hybridized carbons (Fsp3) is 0.0476. The summed E-state index contributed by atoms with van der Waals surface area (Å²) in [6.45, 7) is 0.696. The number of aromatic nitrogens is 2. The van der Waals surface area contributed by atoms with Crippen LogP contribution in [0.1, 0.15) is 5.56 Å². The smallest absolute Gasteiger partial charge is 0.209 e. The number of rotatable bonds is 4. The lowest BCUT2D eigenvalue weighted by Crippen LogP contribution is -2.15.